The van der Waals surface area contributed by atoms with Gasteiger partial charge >= 0.3 is 12.0 Å². The Bertz CT molecular complexity index is 390. The third-order valence-electron chi connectivity index (χ3n) is 4.41. The molecule has 2 N–H and O–H groups in total. The quantitative estimate of drug-likeness (QED) is 0.744. The SMILES string of the molecule is CC1CCN(C(=O)N2CCCN(CC(=O)O)CC2)CC1O. The van der Waals surface area contributed by atoms with Crippen molar-refractivity contribution in [2.75, 3.05) is 45.8 Å². The Kier molecular flexibility index (Phi) is 5.41. The maximum absolute atomic E-state index is 12.5. The van der Waals surface area contributed by atoms with Gasteiger partial charge < -0.3 is 20.0 Å². The Balaban J connectivity index is 1.87. The van der Waals surface area contributed by atoms with Gasteiger partial charge in [-0.15, -0.1) is 0 Å². The number of aliphatic carboxylic acids is 1. The Morgan fingerprint density at radius 3 is 2.52 bits per heavy atom. The highest BCUT2D eigenvalue weighted by atomic mass is 16.4. The Labute approximate surface area is 125 Å². The normalized spacial score (nSPS) is 28.3. The van der Waals surface area contributed by atoms with Gasteiger partial charge in [-0.2, -0.15) is 0 Å². The van der Waals surface area contributed by atoms with Crippen molar-refractivity contribution in [3.8, 4) is 0 Å². The molecule has 0 bridgehead atoms. The summed E-state index contributed by atoms with van der Waals surface area (Å²) in [4.78, 5) is 28.6. The van der Waals surface area contributed by atoms with Gasteiger partial charge in [0.15, 0.2) is 0 Å². The molecule has 7 heteroatoms. The molecule has 2 rings (SSSR count). The van der Waals surface area contributed by atoms with Crippen LogP contribution < -0.4 is 0 Å². The fourth-order valence-corrected chi connectivity index (χ4v) is 2.93. The molecule has 2 aliphatic heterocycles. The van der Waals surface area contributed by atoms with Crippen molar-refractivity contribution in [3.63, 3.8) is 0 Å². The number of amides is 2. The average Bonchev–Trinajstić information content (AvgIpc) is 2.66. The third kappa shape index (κ3) is 4.31. The van der Waals surface area contributed by atoms with Crippen molar-refractivity contribution >= 4 is 12.0 Å². The fraction of sp³-hybridized carbons (Fsp3) is 0.857. The van der Waals surface area contributed by atoms with Crippen molar-refractivity contribution in [1.82, 2.24) is 14.7 Å². The number of hydrogen-bond donors (Lipinski definition) is 2. The molecule has 2 aliphatic rings. The van der Waals surface area contributed by atoms with Gasteiger partial charge in [-0.05, 0) is 18.8 Å². The minimum Gasteiger partial charge on any atom is -0.480 e. The van der Waals surface area contributed by atoms with Gasteiger partial charge in [0, 0.05) is 39.3 Å². The van der Waals surface area contributed by atoms with E-state index in [4.69, 9.17) is 5.11 Å². The van der Waals surface area contributed by atoms with Crippen molar-refractivity contribution in [2.45, 2.75) is 25.9 Å². The van der Waals surface area contributed by atoms with Gasteiger partial charge in [0.25, 0.3) is 0 Å². The summed E-state index contributed by atoms with van der Waals surface area (Å²) in [5.41, 5.74) is 0. The molecule has 0 radical (unpaired) electrons. The van der Waals surface area contributed by atoms with Crippen molar-refractivity contribution in [2.24, 2.45) is 5.92 Å². The van der Waals surface area contributed by atoms with Crippen LogP contribution >= 0.6 is 0 Å². The summed E-state index contributed by atoms with van der Waals surface area (Å²) in [5.74, 6) is -0.591. The number of aliphatic hydroxyl groups excluding tert-OH is 1. The van der Waals surface area contributed by atoms with Crippen LogP contribution in [0.5, 0.6) is 0 Å². The van der Waals surface area contributed by atoms with E-state index in [1.54, 1.807) is 9.80 Å². The topological polar surface area (TPSA) is 84.3 Å². The summed E-state index contributed by atoms with van der Waals surface area (Å²) in [6.07, 6.45) is 1.16. The molecule has 2 atom stereocenters. The lowest BCUT2D eigenvalue weighted by Gasteiger charge is -2.37. The van der Waals surface area contributed by atoms with Crippen molar-refractivity contribution in [1.29, 1.82) is 0 Å². The van der Waals surface area contributed by atoms with E-state index in [2.05, 4.69) is 0 Å². The zero-order valence-corrected chi connectivity index (χ0v) is 12.6. The standard InChI is InChI=1S/C14H25N3O4/c1-11-3-6-17(9-12(11)18)14(21)16-5-2-4-15(7-8-16)10-13(19)20/h11-12,18H,2-10H2,1H3,(H,19,20). The average molecular weight is 299 g/mol. The fourth-order valence-electron chi connectivity index (χ4n) is 2.93. The molecule has 0 aliphatic carbocycles. The van der Waals surface area contributed by atoms with E-state index in [1.807, 2.05) is 11.8 Å². The van der Waals surface area contributed by atoms with Gasteiger partial charge in [-0.1, -0.05) is 6.92 Å². The zero-order valence-electron chi connectivity index (χ0n) is 12.6. The summed E-state index contributed by atoms with van der Waals surface area (Å²) >= 11 is 0. The van der Waals surface area contributed by atoms with Crippen LogP contribution in [0.3, 0.4) is 0 Å². The third-order valence-corrected chi connectivity index (χ3v) is 4.41. The van der Waals surface area contributed by atoms with Crippen LogP contribution in [0.15, 0.2) is 0 Å². The lowest BCUT2D eigenvalue weighted by Crippen LogP contribution is -2.51. The summed E-state index contributed by atoms with van der Waals surface area (Å²) in [5, 5.41) is 18.7. The second-order valence-corrected chi connectivity index (χ2v) is 6.07. The van der Waals surface area contributed by atoms with Crippen LogP contribution in [-0.2, 0) is 4.79 Å². The number of urea groups is 1. The minimum absolute atomic E-state index is 0.0295. The second-order valence-electron chi connectivity index (χ2n) is 6.07. The summed E-state index contributed by atoms with van der Waals surface area (Å²) in [6.45, 7) is 5.61. The number of rotatable bonds is 2. The van der Waals surface area contributed by atoms with Gasteiger partial charge in [-0.3, -0.25) is 9.69 Å². The molecule has 2 fully saturated rings. The maximum atomic E-state index is 12.5. The first-order valence-electron chi connectivity index (χ1n) is 7.63. The number of nitrogens with zero attached hydrogens (tertiary/aromatic N) is 3. The first kappa shape index (κ1) is 16.0. The number of piperidine rings is 1. The molecule has 120 valence electrons. The zero-order chi connectivity index (χ0) is 15.4. The number of carbonyl (C=O) groups is 2. The van der Waals surface area contributed by atoms with Gasteiger partial charge in [0.2, 0.25) is 0 Å². The van der Waals surface area contributed by atoms with Gasteiger partial charge in [0.1, 0.15) is 0 Å². The molecule has 2 heterocycles. The monoisotopic (exact) mass is 299 g/mol. The highest BCUT2D eigenvalue weighted by molar-refractivity contribution is 5.74. The number of carboxylic acids is 1. The molecule has 2 saturated heterocycles. The first-order valence-corrected chi connectivity index (χ1v) is 7.63. The van der Waals surface area contributed by atoms with E-state index < -0.39 is 12.1 Å². The summed E-state index contributed by atoms with van der Waals surface area (Å²) in [6, 6.07) is -0.0295. The van der Waals surface area contributed by atoms with E-state index >= 15 is 0 Å². The molecule has 2 amide bonds. The number of β-amino-alcohol motifs (C(OH)–C–C–N with tert-alkyl or cyclic N) is 1. The Morgan fingerprint density at radius 2 is 1.86 bits per heavy atom. The van der Waals surface area contributed by atoms with E-state index in [9.17, 15) is 14.7 Å². The number of carboxylic acid groups (broad SMARTS) is 1. The van der Waals surface area contributed by atoms with Crippen LogP contribution in [0, 0.1) is 5.92 Å². The lowest BCUT2D eigenvalue weighted by atomic mass is 9.96. The van der Waals surface area contributed by atoms with Crippen LogP contribution in [0.25, 0.3) is 0 Å². The maximum Gasteiger partial charge on any atom is 0.320 e. The second kappa shape index (κ2) is 7.09. The highest BCUT2D eigenvalue weighted by Gasteiger charge is 2.30. The van der Waals surface area contributed by atoms with Crippen LogP contribution in [0.1, 0.15) is 19.8 Å². The molecule has 7 nitrogen and oxygen atoms in total. The molecular weight excluding hydrogens is 274 g/mol. The van der Waals surface area contributed by atoms with E-state index in [-0.39, 0.29) is 18.5 Å². The van der Waals surface area contributed by atoms with E-state index in [1.165, 1.54) is 0 Å². The Morgan fingerprint density at radius 1 is 1.10 bits per heavy atom. The Hall–Kier alpha value is -1.34. The van der Waals surface area contributed by atoms with Gasteiger partial charge in [0.05, 0.1) is 12.6 Å². The molecule has 2 unspecified atom stereocenters. The van der Waals surface area contributed by atoms with Crippen molar-refractivity contribution in [3.05, 3.63) is 0 Å². The van der Waals surface area contributed by atoms with Gasteiger partial charge in [-0.25, -0.2) is 4.79 Å². The smallest absolute Gasteiger partial charge is 0.320 e. The molecular formula is C14H25N3O4. The number of aliphatic hydroxyl groups is 1. The van der Waals surface area contributed by atoms with Crippen LogP contribution in [-0.4, -0.2) is 88.8 Å². The lowest BCUT2D eigenvalue weighted by molar-refractivity contribution is -0.138. The summed E-state index contributed by atoms with van der Waals surface area (Å²) in [7, 11) is 0. The largest absolute Gasteiger partial charge is 0.480 e. The molecule has 21 heavy (non-hydrogen) atoms. The molecule has 0 aromatic carbocycles. The van der Waals surface area contributed by atoms with Crippen molar-refractivity contribution < 1.29 is 19.8 Å². The predicted molar refractivity (Wildman–Crippen MR) is 77.0 cm³/mol. The molecule has 0 aromatic heterocycles. The molecule has 0 aromatic rings. The molecule has 0 spiro atoms. The number of likely N-dealkylation sites (tertiary alicyclic amines) is 1. The predicted octanol–water partition coefficient (Wildman–Crippen LogP) is -0.0986. The minimum atomic E-state index is -0.831. The molecule has 0 saturated carbocycles. The van der Waals surface area contributed by atoms with Crippen LogP contribution in [0.4, 0.5) is 4.79 Å². The van der Waals surface area contributed by atoms with E-state index in [0.717, 1.165) is 12.8 Å². The van der Waals surface area contributed by atoms with Crippen LogP contribution in [0.2, 0.25) is 0 Å². The number of carbonyl (C=O) groups excluding carboxylic acids is 1. The first-order chi connectivity index (χ1) is 9.97. The van der Waals surface area contributed by atoms with E-state index in [0.29, 0.717) is 39.3 Å². The highest BCUT2D eigenvalue weighted by Crippen LogP contribution is 2.18. The summed E-state index contributed by atoms with van der Waals surface area (Å²) < 4.78 is 0. The number of hydrogen-bond acceptors (Lipinski definition) is 4.